The van der Waals surface area contributed by atoms with Crippen LogP contribution in [-0.2, 0) is 0 Å². The molecule has 0 aliphatic rings. The molecule has 3 aromatic heterocycles. The fourth-order valence-corrected chi connectivity index (χ4v) is 2.04. The third kappa shape index (κ3) is 1.87. The Morgan fingerprint density at radius 2 is 2.12 bits per heavy atom. The lowest BCUT2D eigenvalue weighted by atomic mass is 10.4. The number of rotatable bonds is 2. The Morgan fingerprint density at radius 3 is 2.82 bits per heavy atom. The molecule has 0 bridgehead atoms. The van der Waals surface area contributed by atoms with Crippen LogP contribution in [0.5, 0.6) is 0 Å². The van der Waals surface area contributed by atoms with Gasteiger partial charge in [-0.1, -0.05) is 6.07 Å². The quantitative estimate of drug-likeness (QED) is 0.736. The number of thiophene rings is 1. The molecule has 17 heavy (non-hydrogen) atoms. The van der Waals surface area contributed by atoms with Gasteiger partial charge in [0.05, 0.1) is 4.88 Å². The maximum atomic E-state index is 5.67. The average molecular weight is 244 g/mol. The number of nitrogens with zero attached hydrogens (tertiary/aromatic N) is 5. The van der Waals surface area contributed by atoms with Gasteiger partial charge in [-0.25, -0.2) is 4.68 Å². The van der Waals surface area contributed by atoms with Gasteiger partial charge in [0, 0.05) is 12.4 Å². The second-order valence-corrected chi connectivity index (χ2v) is 4.19. The molecule has 0 aliphatic carbocycles. The van der Waals surface area contributed by atoms with E-state index < -0.39 is 0 Å². The van der Waals surface area contributed by atoms with E-state index in [1.165, 1.54) is 0 Å². The highest BCUT2D eigenvalue weighted by atomic mass is 32.1. The molecule has 0 radical (unpaired) electrons. The lowest BCUT2D eigenvalue weighted by Gasteiger charge is -2.02. The van der Waals surface area contributed by atoms with Crippen molar-refractivity contribution in [3.8, 4) is 16.6 Å². The standard InChI is InChI=1S/C10H8N6S/c11-9-13-8(7-3-1-6-17-7)14-10(15-9)16-5-2-4-12-16/h1-6H,(H2,11,13,14,15). The van der Waals surface area contributed by atoms with Crippen LogP contribution >= 0.6 is 11.3 Å². The van der Waals surface area contributed by atoms with Crippen LogP contribution in [0.25, 0.3) is 16.6 Å². The van der Waals surface area contributed by atoms with E-state index >= 15 is 0 Å². The van der Waals surface area contributed by atoms with Crippen molar-refractivity contribution in [3.05, 3.63) is 36.0 Å². The minimum Gasteiger partial charge on any atom is -0.368 e. The van der Waals surface area contributed by atoms with Gasteiger partial charge in [-0.3, -0.25) is 0 Å². The third-order valence-electron chi connectivity index (χ3n) is 2.09. The fraction of sp³-hybridized carbons (Fsp3) is 0. The molecule has 0 spiro atoms. The summed E-state index contributed by atoms with van der Waals surface area (Å²) >= 11 is 1.55. The molecule has 2 N–H and O–H groups in total. The van der Waals surface area contributed by atoms with Gasteiger partial charge in [0.15, 0.2) is 5.82 Å². The summed E-state index contributed by atoms with van der Waals surface area (Å²) in [5.74, 6) is 1.18. The molecule has 0 aliphatic heterocycles. The Balaban J connectivity index is 2.13. The summed E-state index contributed by atoms with van der Waals surface area (Å²) in [5.41, 5.74) is 5.67. The molecule has 0 unspecified atom stereocenters. The largest absolute Gasteiger partial charge is 0.368 e. The lowest BCUT2D eigenvalue weighted by Crippen LogP contribution is -2.07. The average Bonchev–Trinajstić information content (AvgIpc) is 3.02. The topological polar surface area (TPSA) is 82.5 Å². The fourth-order valence-electron chi connectivity index (χ4n) is 1.39. The zero-order valence-electron chi connectivity index (χ0n) is 8.69. The van der Waals surface area contributed by atoms with Crippen LogP contribution in [0.2, 0.25) is 0 Å². The van der Waals surface area contributed by atoms with Crippen LogP contribution in [0.15, 0.2) is 36.0 Å². The van der Waals surface area contributed by atoms with Gasteiger partial charge < -0.3 is 5.73 Å². The molecule has 7 heteroatoms. The van der Waals surface area contributed by atoms with E-state index in [0.29, 0.717) is 11.8 Å². The predicted molar refractivity (Wildman–Crippen MR) is 64.7 cm³/mol. The first-order valence-corrected chi connectivity index (χ1v) is 5.76. The molecular formula is C10H8N6S. The van der Waals surface area contributed by atoms with Gasteiger partial charge in [0.1, 0.15) is 0 Å². The first-order chi connectivity index (χ1) is 8.33. The zero-order valence-corrected chi connectivity index (χ0v) is 9.50. The molecule has 84 valence electrons. The van der Waals surface area contributed by atoms with Crippen LogP contribution in [-0.4, -0.2) is 24.7 Å². The first kappa shape index (κ1) is 9.91. The van der Waals surface area contributed by atoms with Gasteiger partial charge in [-0.05, 0) is 17.5 Å². The van der Waals surface area contributed by atoms with Gasteiger partial charge >= 0.3 is 0 Å². The summed E-state index contributed by atoms with van der Waals surface area (Å²) in [6, 6.07) is 5.67. The molecule has 0 atom stereocenters. The van der Waals surface area contributed by atoms with Crippen LogP contribution in [0.1, 0.15) is 0 Å². The highest BCUT2D eigenvalue weighted by Crippen LogP contribution is 2.21. The number of hydrogen-bond donors (Lipinski definition) is 1. The molecule has 3 rings (SSSR count). The highest BCUT2D eigenvalue weighted by Gasteiger charge is 2.08. The van der Waals surface area contributed by atoms with Crippen LogP contribution in [0.3, 0.4) is 0 Å². The van der Waals surface area contributed by atoms with Crippen molar-refractivity contribution in [3.63, 3.8) is 0 Å². The van der Waals surface area contributed by atoms with Crippen LogP contribution in [0, 0.1) is 0 Å². The molecule has 0 saturated carbocycles. The highest BCUT2D eigenvalue weighted by molar-refractivity contribution is 7.13. The maximum absolute atomic E-state index is 5.67. The number of aromatic nitrogens is 5. The number of anilines is 1. The lowest BCUT2D eigenvalue weighted by molar-refractivity contribution is 0.802. The second kappa shape index (κ2) is 3.95. The van der Waals surface area contributed by atoms with Gasteiger partial charge in [0.2, 0.25) is 5.95 Å². The summed E-state index contributed by atoms with van der Waals surface area (Å²) in [7, 11) is 0. The Bertz CT molecular complexity index is 564. The van der Waals surface area contributed by atoms with Gasteiger partial charge in [0.25, 0.3) is 5.95 Å². The van der Waals surface area contributed by atoms with E-state index in [-0.39, 0.29) is 5.95 Å². The molecular weight excluding hydrogens is 236 g/mol. The van der Waals surface area contributed by atoms with Crippen molar-refractivity contribution in [2.45, 2.75) is 0 Å². The molecule has 0 aromatic carbocycles. The monoisotopic (exact) mass is 244 g/mol. The molecule has 3 aromatic rings. The van der Waals surface area contributed by atoms with E-state index in [4.69, 9.17) is 5.73 Å². The van der Waals surface area contributed by atoms with E-state index in [9.17, 15) is 0 Å². The summed E-state index contributed by atoms with van der Waals surface area (Å²) in [5, 5.41) is 6.02. The maximum Gasteiger partial charge on any atom is 0.255 e. The van der Waals surface area contributed by atoms with Crippen molar-refractivity contribution in [2.24, 2.45) is 0 Å². The zero-order chi connectivity index (χ0) is 11.7. The van der Waals surface area contributed by atoms with E-state index in [0.717, 1.165) is 4.88 Å². The smallest absolute Gasteiger partial charge is 0.255 e. The number of nitrogen functional groups attached to an aromatic ring is 1. The molecule has 0 saturated heterocycles. The van der Waals surface area contributed by atoms with Crippen LogP contribution < -0.4 is 5.73 Å². The Morgan fingerprint density at radius 1 is 1.18 bits per heavy atom. The Kier molecular flexibility index (Phi) is 2.30. The molecule has 0 amide bonds. The molecule has 0 fully saturated rings. The van der Waals surface area contributed by atoms with Gasteiger partial charge in [-0.2, -0.15) is 20.1 Å². The summed E-state index contributed by atoms with van der Waals surface area (Å²) < 4.78 is 1.55. The number of hydrogen-bond acceptors (Lipinski definition) is 6. The number of nitrogens with two attached hydrogens (primary N) is 1. The van der Waals surface area contributed by atoms with Crippen molar-refractivity contribution < 1.29 is 0 Å². The molecule has 6 nitrogen and oxygen atoms in total. The minimum atomic E-state index is 0.189. The summed E-state index contributed by atoms with van der Waals surface area (Å²) in [6.07, 6.45) is 3.41. The van der Waals surface area contributed by atoms with E-state index in [1.54, 1.807) is 34.5 Å². The normalized spacial score (nSPS) is 10.6. The van der Waals surface area contributed by atoms with Crippen molar-refractivity contribution in [2.75, 3.05) is 5.73 Å². The minimum absolute atomic E-state index is 0.189. The SMILES string of the molecule is Nc1nc(-c2cccs2)nc(-n2cccn2)n1. The summed E-state index contributed by atoms with van der Waals surface area (Å²) in [4.78, 5) is 13.4. The predicted octanol–water partition coefficient (Wildman–Crippen LogP) is 1.37. The van der Waals surface area contributed by atoms with E-state index in [1.807, 2.05) is 17.5 Å². The van der Waals surface area contributed by atoms with Crippen LogP contribution in [0.4, 0.5) is 5.95 Å². The Labute approximate surface area is 101 Å². The summed E-state index contributed by atoms with van der Waals surface area (Å²) in [6.45, 7) is 0. The van der Waals surface area contributed by atoms with E-state index in [2.05, 4.69) is 20.1 Å². The van der Waals surface area contributed by atoms with Gasteiger partial charge in [-0.15, -0.1) is 11.3 Å². The van der Waals surface area contributed by atoms with Crippen molar-refractivity contribution in [1.29, 1.82) is 0 Å². The third-order valence-corrected chi connectivity index (χ3v) is 2.96. The first-order valence-electron chi connectivity index (χ1n) is 4.88. The molecule has 3 heterocycles. The van der Waals surface area contributed by atoms with Crippen molar-refractivity contribution >= 4 is 17.3 Å². The second-order valence-electron chi connectivity index (χ2n) is 3.25. The van der Waals surface area contributed by atoms with Crippen molar-refractivity contribution in [1.82, 2.24) is 24.7 Å². The Hall–Kier alpha value is -2.28.